The Bertz CT molecular complexity index is 145. The normalized spacial score (nSPS) is 7.50. The van der Waals surface area contributed by atoms with E-state index in [9.17, 15) is 0 Å². The lowest BCUT2D eigenvalue weighted by Crippen LogP contribution is -1.81. The lowest BCUT2D eigenvalue weighted by Gasteiger charge is -1.79. The monoisotopic (exact) mass is 298 g/mol. The SMILES string of the molecule is CC(C)C.CC(C)C.CCCC.O=C(O)O.O=C(O)O. The van der Waals surface area contributed by atoms with E-state index in [1.807, 2.05) is 0 Å². The Morgan fingerprint density at radius 2 is 0.700 bits per heavy atom. The number of unbranched alkanes of at least 4 members (excludes halogenated alkanes) is 1. The van der Waals surface area contributed by atoms with Gasteiger partial charge in [0.15, 0.2) is 0 Å². The minimum Gasteiger partial charge on any atom is -0.450 e. The number of rotatable bonds is 1. The Labute approximate surface area is 123 Å². The van der Waals surface area contributed by atoms with Gasteiger partial charge in [0.2, 0.25) is 0 Å². The highest BCUT2D eigenvalue weighted by molar-refractivity contribution is 5.53. The van der Waals surface area contributed by atoms with E-state index < -0.39 is 12.3 Å². The molecule has 0 aliphatic rings. The van der Waals surface area contributed by atoms with Gasteiger partial charge >= 0.3 is 12.3 Å². The number of hydrogen-bond donors (Lipinski definition) is 4. The second kappa shape index (κ2) is 30.5. The Hall–Kier alpha value is -1.46. The molecule has 0 amide bonds. The van der Waals surface area contributed by atoms with Gasteiger partial charge in [-0.25, -0.2) is 9.59 Å². The number of carbonyl (C=O) groups is 2. The fourth-order valence-electron chi connectivity index (χ4n) is 0. The highest BCUT2D eigenvalue weighted by Gasteiger charge is 1.70. The predicted octanol–water partition coefficient (Wildman–Crippen LogP) is 5.58. The maximum atomic E-state index is 8.56. The van der Waals surface area contributed by atoms with Crippen LogP contribution in [0.3, 0.4) is 0 Å². The van der Waals surface area contributed by atoms with Crippen molar-refractivity contribution in [2.45, 2.75) is 68.2 Å². The third-order valence-corrected chi connectivity index (χ3v) is 0.500. The van der Waals surface area contributed by atoms with Crippen molar-refractivity contribution in [3.8, 4) is 0 Å². The Morgan fingerprint density at radius 3 is 0.700 bits per heavy atom. The summed E-state index contributed by atoms with van der Waals surface area (Å²) in [4.78, 5) is 17.1. The van der Waals surface area contributed by atoms with Gasteiger partial charge in [-0.3, -0.25) is 0 Å². The second-order valence-corrected chi connectivity index (χ2v) is 5.03. The molecule has 0 bridgehead atoms. The van der Waals surface area contributed by atoms with Crippen LogP contribution in [0.1, 0.15) is 68.2 Å². The molecule has 0 aliphatic carbocycles. The molecular formula is C14H34O6. The molecule has 0 saturated heterocycles. The molecule has 0 heterocycles. The fourth-order valence-corrected chi connectivity index (χ4v) is 0. The molecule has 0 atom stereocenters. The topological polar surface area (TPSA) is 115 Å². The molecule has 20 heavy (non-hydrogen) atoms. The lowest BCUT2D eigenvalue weighted by atomic mass is 10.3. The fraction of sp³-hybridized carbons (Fsp3) is 0.857. The summed E-state index contributed by atoms with van der Waals surface area (Å²) in [6.45, 7) is 17.4. The number of carboxylic acid groups (broad SMARTS) is 4. The molecular weight excluding hydrogens is 264 g/mol. The summed E-state index contributed by atoms with van der Waals surface area (Å²) in [5.41, 5.74) is 0. The molecule has 0 aliphatic heterocycles. The third-order valence-electron chi connectivity index (χ3n) is 0.500. The van der Waals surface area contributed by atoms with Crippen LogP contribution in [0.4, 0.5) is 9.59 Å². The lowest BCUT2D eigenvalue weighted by molar-refractivity contribution is 0.135. The Balaban J connectivity index is -0.0000000469. The maximum absolute atomic E-state index is 8.56. The zero-order chi connectivity index (χ0) is 17.7. The van der Waals surface area contributed by atoms with E-state index in [-0.39, 0.29) is 0 Å². The van der Waals surface area contributed by atoms with Gasteiger partial charge in [0.25, 0.3) is 0 Å². The highest BCUT2D eigenvalue weighted by atomic mass is 16.6. The van der Waals surface area contributed by atoms with Crippen molar-refractivity contribution in [1.29, 1.82) is 0 Å². The van der Waals surface area contributed by atoms with Crippen LogP contribution in [0.25, 0.3) is 0 Å². The molecule has 0 aromatic heterocycles. The van der Waals surface area contributed by atoms with Gasteiger partial charge in [0, 0.05) is 0 Å². The Kier molecular flexibility index (Phi) is 47.5. The van der Waals surface area contributed by atoms with Crippen LogP contribution in [0.2, 0.25) is 0 Å². The molecule has 0 spiro atoms. The average molecular weight is 298 g/mol. The predicted molar refractivity (Wildman–Crippen MR) is 82.9 cm³/mol. The maximum Gasteiger partial charge on any atom is 0.503 e. The van der Waals surface area contributed by atoms with E-state index in [4.69, 9.17) is 30.0 Å². The van der Waals surface area contributed by atoms with Gasteiger partial charge in [0.1, 0.15) is 0 Å². The summed E-state index contributed by atoms with van der Waals surface area (Å²) in [5.74, 6) is 1.67. The molecule has 0 saturated carbocycles. The molecule has 4 N–H and O–H groups in total. The van der Waals surface area contributed by atoms with Crippen molar-refractivity contribution < 1.29 is 30.0 Å². The summed E-state index contributed by atoms with van der Waals surface area (Å²) in [6, 6.07) is 0. The van der Waals surface area contributed by atoms with Crippen molar-refractivity contribution in [2.75, 3.05) is 0 Å². The van der Waals surface area contributed by atoms with Crippen LogP contribution >= 0.6 is 0 Å². The molecule has 0 aromatic rings. The van der Waals surface area contributed by atoms with Gasteiger partial charge < -0.3 is 20.4 Å². The van der Waals surface area contributed by atoms with E-state index in [2.05, 4.69) is 55.4 Å². The molecule has 0 rings (SSSR count). The molecule has 6 heteroatoms. The van der Waals surface area contributed by atoms with E-state index in [1.54, 1.807) is 0 Å². The summed E-state index contributed by atoms with van der Waals surface area (Å²) >= 11 is 0. The van der Waals surface area contributed by atoms with Crippen molar-refractivity contribution >= 4 is 12.3 Å². The summed E-state index contributed by atoms with van der Waals surface area (Å²) in [6.07, 6.45) is -1.03. The van der Waals surface area contributed by atoms with Gasteiger partial charge in [-0.05, 0) is 11.8 Å². The van der Waals surface area contributed by atoms with Crippen LogP contribution in [0.15, 0.2) is 0 Å². The third kappa shape index (κ3) is 18900. The van der Waals surface area contributed by atoms with Gasteiger partial charge in [-0.1, -0.05) is 68.2 Å². The summed E-state index contributed by atoms with van der Waals surface area (Å²) < 4.78 is 0. The van der Waals surface area contributed by atoms with Gasteiger partial charge in [-0.15, -0.1) is 0 Å². The average Bonchev–Trinajstić information content (AvgIpc) is 2.13. The molecule has 0 fully saturated rings. The van der Waals surface area contributed by atoms with E-state index in [1.165, 1.54) is 12.8 Å². The summed E-state index contributed by atoms with van der Waals surface area (Å²) in [5, 5.41) is 27.9. The van der Waals surface area contributed by atoms with E-state index >= 15 is 0 Å². The molecule has 126 valence electrons. The first-order valence-corrected chi connectivity index (χ1v) is 6.68. The van der Waals surface area contributed by atoms with Gasteiger partial charge in [0.05, 0.1) is 0 Å². The minimum atomic E-state index is -1.83. The van der Waals surface area contributed by atoms with Crippen LogP contribution in [0, 0.1) is 11.8 Å². The van der Waals surface area contributed by atoms with Crippen LogP contribution in [-0.2, 0) is 0 Å². The van der Waals surface area contributed by atoms with Gasteiger partial charge in [-0.2, -0.15) is 0 Å². The van der Waals surface area contributed by atoms with Crippen LogP contribution in [0.5, 0.6) is 0 Å². The van der Waals surface area contributed by atoms with E-state index in [0.717, 1.165) is 11.8 Å². The van der Waals surface area contributed by atoms with Crippen molar-refractivity contribution in [3.05, 3.63) is 0 Å². The van der Waals surface area contributed by atoms with E-state index in [0.29, 0.717) is 0 Å². The zero-order valence-electron chi connectivity index (χ0n) is 14.2. The minimum absolute atomic E-state index is 0.833. The highest BCUT2D eigenvalue weighted by Crippen LogP contribution is 1.81. The first kappa shape index (κ1) is 31.1. The first-order valence-electron chi connectivity index (χ1n) is 6.68. The molecule has 0 aromatic carbocycles. The molecule has 0 unspecified atom stereocenters. The summed E-state index contributed by atoms with van der Waals surface area (Å²) in [7, 11) is 0. The van der Waals surface area contributed by atoms with Crippen LogP contribution < -0.4 is 0 Å². The van der Waals surface area contributed by atoms with Crippen molar-refractivity contribution in [1.82, 2.24) is 0 Å². The molecule has 6 nitrogen and oxygen atoms in total. The number of hydrogen-bond acceptors (Lipinski definition) is 2. The second-order valence-electron chi connectivity index (χ2n) is 5.03. The quantitative estimate of drug-likeness (QED) is 0.502. The van der Waals surface area contributed by atoms with Crippen molar-refractivity contribution in [2.24, 2.45) is 11.8 Å². The first-order chi connectivity index (χ1) is 8.84. The smallest absolute Gasteiger partial charge is 0.450 e. The van der Waals surface area contributed by atoms with Crippen LogP contribution in [-0.4, -0.2) is 32.7 Å². The largest absolute Gasteiger partial charge is 0.503 e. The van der Waals surface area contributed by atoms with Crippen molar-refractivity contribution in [3.63, 3.8) is 0 Å². The standard InChI is InChI=1S/3C4H10.2CH2O3/c2*1-4(2)3;1-3-4-2;2*2-1(3)4/h2*4H,1-3H3;3-4H2,1-2H3;2*(H2,2,3,4). The Morgan fingerprint density at radius 1 is 0.650 bits per heavy atom. The molecule has 0 radical (unpaired) electrons. The zero-order valence-corrected chi connectivity index (χ0v) is 14.2.